The third-order valence-electron chi connectivity index (χ3n) is 16.8. The molecule has 1 aliphatic rings. The average molecular weight is 1330 g/mol. The Balaban J connectivity index is 0.000000137. The first-order valence-electron chi connectivity index (χ1n) is 32.5. The Morgan fingerprint density at radius 1 is 0.454 bits per heavy atom. The molecule has 0 aliphatic heterocycles. The molecule has 0 atom stereocenters. The summed E-state index contributed by atoms with van der Waals surface area (Å²) in [6, 6.07) is 56.5. The van der Waals surface area contributed by atoms with Crippen LogP contribution in [-0.4, -0.2) is 78.3 Å². The van der Waals surface area contributed by atoms with E-state index in [0.29, 0.717) is 57.8 Å². The maximum Gasteiger partial charge on any atom is 0.150 e. The van der Waals surface area contributed by atoms with Crippen LogP contribution in [0.25, 0.3) is 88.7 Å². The van der Waals surface area contributed by atoms with Crippen LogP contribution in [0.3, 0.4) is 0 Å². The van der Waals surface area contributed by atoms with Crippen LogP contribution in [0.5, 0.6) is 40.2 Å². The lowest BCUT2D eigenvalue weighted by atomic mass is 9.82. The normalized spacial score (nSPS) is 13.2. The zero-order valence-electron chi connectivity index (χ0n) is 56.2. The van der Waals surface area contributed by atoms with Gasteiger partial charge >= 0.3 is 0 Å². The minimum absolute atomic E-state index is 0.203. The monoisotopic (exact) mass is 1330 g/mol. The van der Waals surface area contributed by atoms with Gasteiger partial charge in [-0.1, -0.05) is 136 Å². The van der Waals surface area contributed by atoms with E-state index in [0.717, 1.165) is 130 Å². The van der Waals surface area contributed by atoms with Gasteiger partial charge in [0.2, 0.25) is 0 Å². The van der Waals surface area contributed by atoms with E-state index in [-0.39, 0.29) is 28.7 Å². The van der Waals surface area contributed by atoms with Gasteiger partial charge in [0.15, 0.2) is 5.75 Å². The molecule has 6 N–H and O–H groups in total. The molecule has 6 heterocycles. The summed E-state index contributed by atoms with van der Waals surface area (Å²) in [6.07, 6.45) is 10.3. The van der Waals surface area contributed by atoms with Crippen molar-refractivity contribution in [2.45, 2.75) is 110 Å². The molecule has 14 rings (SSSR count). The van der Waals surface area contributed by atoms with E-state index in [1.165, 1.54) is 18.4 Å². The molecular weight excluding hydrogens is 1250 g/mol. The standard InChI is InChI=1S/C16H18ClNO.C16H13NO.C14H17NOS.C12H13NO2.2C12H11NO/c1-10-16(19)9-14-13(3-2-4-15(14)18-10)11-5-7-12(17)8-6-11;1-11-16(18)10-14-13(8-5-9-15(14)17-11)12-6-3-2-4-7-12;1-3-4-9-17-14-11-7-5-6-8-12(11)15-10(2)13(14)16;1-3-15-12-6-4-5-10-9(12)7-11(14)8(2)13-10;1-3-9-4-5-11-10(6-9)7-12(14)8(2)13-11;1-3-9-4-5-10-7-12(14)8(2)13-11(10)6-9/h2-4,9,11-12,19H,5-8H2,1H3;2-10,18H,1H3;5-8,16H,3-4,9H2,1-2H3;4-7,14H,3H2,1-2H3;2*3-7,14H,1H2,2H3. The van der Waals surface area contributed by atoms with Crippen molar-refractivity contribution in [3.05, 3.63) is 240 Å². The van der Waals surface area contributed by atoms with E-state index in [4.69, 9.17) is 16.3 Å². The first-order chi connectivity index (χ1) is 46.8. The van der Waals surface area contributed by atoms with Gasteiger partial charge in [-0.05, 0) is 199 Å². The Hall–Kier alpha value is -10.3. The zero-order valence-corrected chi connectivity index (χ0v) is 57.8. The predicted octanol–water partition coefficient (Wildman–Crippen LogP) is 21.0. The van der Waals surface area contributed by atoms with Crippen molar-refractivity contribution in [2.24, 2.45) is 0 Å². The average Bonchev–Trinajstić information content (AvgIpc) is 0.856. The van der Waals surface area contributed by atoms with E-state index in [2.05, 4.69) is 74.3 Å². The van der Waals surface area contributed by atoms with Crippen LogP contribution >= 0.6 is 23.4 Å². The van der Waals surface area contributed by atoms with Gasteiger partial charge in [0, 0.05) is 37.7 Å². The summed E-state index contributed by atoms with van der Waals surface area (Å²) in [6.45, 7) is 23.0. The van der Waals surface area contributed by atoms with Gasteiger partial charge in [-0.2, -0.15) is 0 Å². The molecule has 15 heteroatoms. The highest BCUT2D eigenvalue weighted by molar-refractivity contribution is 7.99. The number of benzene rings is 7. The first-order valence-corrected chi connectivity index (χ1v) is 34.0. The van der Waals surface area contributed by atoms with Crippen molar-refractivity contribution in [1.29, 1.82) is 0 Å². The van der Waals surface area contributed by atoms with Crippen molar-refractivity contribution in [3.8, 4) is 51.4 Å². The number of aromatic nitrogens is 6. The van der Waals surface area contributed by atoms with Gasteiger partial charge in [-0.15, -0.1) is 23.4 Å². The van der Waals surface area contributed by atoms with E-state index < -0.39 is 0 Å². The maximum absolute atomic E-state index is 10.1. The molecule has 0 saturated heterocycles. The summed E-state index contributed by atoms with van der Waals surface area (Å²) in [7, 11) is 0. The van der Waals surface area contributed by atoms with E-state index >= 15 is 0 Å². The van der Waals surface area contributed by atoms with Crippen LogP contribution in [0, 0.1) is 41.5 Å². The smallest absolute Gasteiger partial charge is 0.150 e. The number of alkyl halides is 1. The van der Waals surface area contributed by atoms with Gasteiger partial charge in [0.1, 0.15) is 34.5 Å². The Morgan fingerprint density at radius 2 is 0.938 bits per heavy atom. The number of pyridine rings is 6. The lowest BCUT2D eigenvalue weighted by Crippen LogP contribution is -2.13. The number of hydrogen-bond donors (Lipinski definition) is 6. The molecule has 1 saturated carbocycles. The summed E-state index contributed by atoms with van der Waals surface area (Å²) in [4.78, 5) is 27.1. The molecular formula is C82H83ClN6O7S. The fourth-order valence-corrected chi connectivity index (χ4v) is 12.8. The van der Waals surface area contributed by atoms with Gasteiger partial charge in [0.05, 0.1) is 78.8 Å². The molecule has 97 heavy (non-hydrogen) atoms. The third kappa shape index (κ3) is 18.0. The number of hydrogen-bond acceptors (Lipinski definition) is 14. The lowest BCUT2D eigenvalue weighted by molar-refractivity contribution is 0.344. The molecule has 1 fully saturated rings. The summed E-state index contributed by atoms with van der Waals surface area (Å²) >= 11 is 7.91. The van der Waals surface area contributed by atoms with Gasteiger partial charge in [-0.3, -0.25) is 0 Å². The zero-order chi connectivity index (χ0) is 69.3. The van der Waals surface area contributed by atoms with Crippen LogP contribution < -0.4 is 4.74 Å². The third-order valence-corrected chi connectivity index (χ3v) is 18.4. The molecule has 0 spiro atoms. The Kier molecular flexibility index (Phi) is 24.5. The number of ether oxygens (including phenoxy) is 1. The Morgan fingerprint density at radius 3 is 1.57 bits per heavy atom. The van der Waals surface area contributed by atoms with Gasteiger partial charge in [0.25, 0.3) is 0 Å². The molecule has 496 valence electrons. The minimum Gasteiger partial charge on any atom is -0.506 e. The van der Waals surface area contributed by atoms with Gasteiger partial charge in [-0.25, -0.2) is 29.9 Å². The molecule has 1 aliphatic carbocycles. The van der Waals surface area contributed by atoms with Crippen LogP contribution in [0.2, 0.25) is 0 Å². The van der Waals surface area contributed by atoms with Crippen molar-refractivity contribution in [2.75, 3.05) is 12.4 Å². The van der Waals surface area contributed by atoms with Crippen LogP contribution in [0.4, 0.5) is 0 Å². The topological polar surface area (TPSA) is 208 Å². The number of fused-ring (bicyclic) bond motifs is 6. The molecule has 13 aromatic rings. The Bertz CT molecular complexity index is 4830. The van der Waals surface area contributed by atoms with Crippen molar-refractivity contribution in [3.63, 3.8) is 0 Å². The van der Waals surface area contributed by atoms with Gasteiger partial charge < -0.3 is 35.4 Å². The minimum atomic E-state index is 0.203. The van der Waals surface area contributed by atoms with Crippen molar-refractivity contribution >= 4 is 101 Å². The largest absolute Gasteiger partial charge is 0.506 e. The number of aromatic hydroxyl groups is 6. The molecule has 7 aromatic carbocycles. The molecule has 0 radical (unpaired) electrons. The van der Waals surface area contributed by atoms with Crippen LogP contribution in [0.1, 0.15) is 109 Å². The highest BCUT2D eigenvalue weighted by Crippen LogP contribution is 2.40. The summed E-state index contributed by atoms with van der Waals surface area (Å²) < 4.78 is 5.46. The van der Waals surface area contributed by atoms with Crippen LogP contribution in [-0.2, 0) is 0 Å². The highest BCUT2D eigenvalue weighted by Gasteiger charge is 2.23. The summed E-state index contributed by atoms with van der Waals surface area (Å²) in [5.41, 5.74) is 15.1. The second-order valence-corrected chi connectivity index (χ2v) is 25.5. The lowest BCUT2D eigenvalue weighted by Gasteiger charge is -2.26. The number of halogens is 1. The SMILES string of the molecule is C=Cc1ccc2cc(O)c(C)nc2c1.C=Cc1ccc2nc(C)c(O)cc2c1.CCCCSc1c(O)c(C)nc2ccccc12.CCOc1cccc2nc(C)c(O)cc12.Cc1nc2cccc(-c3ccccc3)c2cc1O.Cc1nc2cccc(C3CCC(Cl)CC3)c2cc1O. The number of thioether (sulfide) groups is 1. The second-order valence-electron chi connectivity index (χ2n) is 23.7. The predicted molar refractivity (Wildman–Crippen MR) is 402 cm³/mol. The highest BCUT2D eigenvalue weighted by atomic mass is 35.5. The molecule has 0 amide bonds. The maximum atomic E-state index is 10.1. The van der Waals surface area contributed by atoms with E-state index in [9.17, 15) is 30.6 Å². The van der Waals surface area contributed by atoms with Crippen LogP contribution in [0.15, 0.2) is 194 Å². The quantitative estimate of drug-likeness (QED) is 0.0428. The summed E-state index contributed by atoms with van der Waals surface area (Å²) in [5, 5.41) is 64.6. The second kappa shape index (κ2) is 33.4. The molecule has 0 unspecified atom stereocenters. The number of nitrogens with zero attached hydrogens (tertiary/aromatic N) is 6. The molecule has 6 aromatic heterocycles. The molecule has 13 nitrogen and oxygen atoms in total. The fraction of sp³-hybridized carbons (Fsp3) is 0.220. The van der Waals surface area contributed by atoms with E-state index in [1.54, 1.807) is 69.0 Å². The van der Waals surface area contributed by atoms with Crippen molar-refractivity contribution < 1.29 is 35.4 Å². The first kappa shape index (κ1) is 71.0. The Labute approximate surface area is 576 Å². The number of aryl methyl sites for hydroxylation is 6. The number of para-hydroxylation sites is 1. The summed E-state index contributed by atoms with van der Waals surface area (Å²) in [5.74, 6) is 3.89. The fourth-order valence-electron chi connectivity index (χ4n) is 11.3. The number of rotatable bonds is 10. The van der Waals surface area contributed by atoms with Crippen molar-refractivity contribution in [1.82, 2.24) is 29.9 Å². The van der Waals surface area contributed by atoms with E-state index in [1.807, 2.05) is 155 Å². The number of unbranched alkanes of at least 4 members (excludes halogenated alkanes) is 1. The molecule has 0 bridgehead atoms.